The summed E-state index contributed by atoms with van der Waals surface area (Å²) in [5, 5.41) is 25.8. The minimum atomic E-state index is 0.542. The van der Waals surface area contributed by atoms with E-state index in [0.29, 0.717) is 11.1 Å². The van der Waals surface area contributed by atoms with Crippen molar-refractivity contribution in [2.24, 2.45) is 0 Å². The second-order valence-electron chi connectivity index (χ2n) is 11.9. The van der Waals surface area contributed by atoms with Crippen LogP contribution in [0.25, 0.3) is 77.2 Å². The molecule has 4 nitrogen and oxygen atoms in total. The normalized spacial score (nSPS) is 11.3. The van der Waals surface area contributed by atoms with Gasteiger partial charge in [0.25, 0.3) is 0 Å². The van der Waals surface area contributed by atoms with Gasteiger partial charge >= 0.3 is 0 Å². The second kappa shape index (κ2) is 10.9. The van der Waals surface area contributed by atoms with Crippen molar-refractivity contribution in [3.8, 4) is 45.8 Å². The highest BCUT2D eigenvalue weighted by atomic mass is 15.0. The van der Waals surface area contributed by atoms with E-state index in [1.54, 1.807) is 0 Å². The van der Waals surface area contributed by atoms with E-state index < -0.39 is 0 Å². The van der Waals surface area contributed by atoms with E-state index in [1.165, 1.54) is 21.5 Å². The van der Waals surface area contributed by atoms with Gasteiger partial charge in [-0.1, -0.05) is 109 Å². The predicted octanol–water partition coefficient (Wildman–Crippen LogP) is 11.0. The molecule has 0 bridgehead atoms. The van der Waals surface area contributed by atoms with Gasteiger partial charge in [-0.15, -0.1) is 0 Å². The van der Waals surface area contributed by atoms with Gasteiger partial charge in [0.1, 0.15) is 0 Å². The highest BCUT2D eigenvalue weighted by molar-refractivity contribution is 6.11. The third-order valence-electron chi connectivity index (χ3n) is 9.43. The molecule has 2 heterocycles. The largest absolute Gasteiger partial charge is 0.309 e. The molecule has 0 fully saturated rings. The second-order valence-corrected chi connectivity index (χ2v) is 11.9. The fourth-order valence-electron chi connectivity index (χ4n) is 7.42. The zero-order chi connectivity index (χ0) is 32.2. The Morgan fingerprint density at radius 1 is 0.375 bits per heavy atom. The molecule has 7 aromatic carbocycles. The first kappa shape index (κ1) is 27.4. The van der Waals surface area contributed by atoms with Crippen LogP contribution in [0.3, 0.4) is 0 Å². The Morgan fingerprint density at radius 2 is 0.854 bits per heavy atom. The first-order chi connectivity index (χ1) is 23.8. The summed E-state index contributed by atoms with van der Waals surface area (Å²) in [4.78, 5) is 0. The Morgan fingerprint density at radius 3 is 1.42 bits per heavy atom. The van der Waals surface area contributed by atoms with E-state index in [9.17, 15) is 10.5 Å². The molecule has 4 heteroatoms. The molecule has 0 N–H and O–H groups in total. The highest BCUT2D eigenvalue weighted by Gasteiger charge is 2.21. The van der Waals surface area contributed by atoms with Crippen molar-refractivity contribution in [1.29, 1.82) is 10.5 Å². The van der Waals surface area contributed by atoms with Crippen molar-refractivity contribution >= 4 is 43.6 Å². The Labute approximate surface area is 277 Å². The molecule has 48 heavy (non-hydrogen) atoms. The van der Waals surface area contributed by atoms with Gasteiger partial charge in [-0.25, -0.2) is 0 Å². The van der Waals surface area contributed by atoms with Crippen molar-refractivity contribution in [2.75, 3.05) is 0 Å². The van der Waals surface area contributed by atoms with Crippen molar-refractivity contribution in [1.82, 2.24) is 9.13 Å². The lowest BCUT2D eigenvalue weighted by Gasteiger charge is -2.19. The lowest BCUT2D eigenvalue weighted by atomic mass is 9.88. The van der Waals surface area contributed by atoms with Crippen LogP contribution >= 0.6 is 0 Å². The van der Waals surface area contributed by atoms with Gasteiger partial charge in [-0.2, -0.15) is 10.5 Å². The number of benzene rings is 7. The standard InChI is InChI=1S/C44H26N4/c45-27-29-12-11-18-37(32-25-24-31(26-30(32)28-46)47-39-19-6-1-13-33(39)34-14-2-7-20-40(34)47)44(29)38-17-5-10-23-43(38)48-41-21-8-3-15-35(41)36-16-4-9-22-42(36)48/h1-26H. The molecule has 222 valence electrons. The summed E-state index contributed by atoms with van der Waals surface area (Å²) in [5.74, 6) is 0. The van der Waals surface area contributed by atoms with Gasteiger partial charge in [0.05, 0.1) is 51.0 Å². The molecule has 9 aromatic rings. The Kier molecular flexibility index (Phi) is 6.22. The van der Waals surface area contributed by atoms with Crippen LogP contribution in [-0.2, 0) is 0 Å². The third-order valence-corrected chi connectivity index (χ3v) is 9.43. The maximum Gasteiger partial charge on any atom is 0.0998 e. The number of para-hydroxylation sites is 5. The molecular formula is C44H26N4. The summed E-state index contributed by atoms with van der Waals surface area (Å²) < 4.78 is 4.51. The first-order valence-corrected chi connectivity index (χ1v) is 15.9. The Hall–Kier alpha value is -6.88. The molecule has 0 aliphatic heterocycles. The van der Waals surface area contributed by atoms with E-state index in [0.717, 1.165) is 55.7 Å². The van der Waals surface area contributed by atoms with Crippen LogP contribution in [0, 0.1) is 22.7 Å². The molecule has 0 aliphatic carbocycles. The van der Waals surface area contributed by atoms with Crippen molar-refractivity contribution in [2.45, 2.75) is 0 Å². The first-order valence-electron chi connectivity index (χ1n) is 15.9. The van der Waals surface area contributed by atoms with E-state index in [1.807, 2.05) is 54.6 Å². The molecule has 0 spiro atoms. The number of aromatic nitrogens is 2. The SMILES string of the molecule is N#Cc1cc(-n2c3ccccc3c3ccccc32)ccc1-c1cccc(C#N)c1-c1ccccc1-n1c2ccccc2c2ccccc21. The average Bonchev–Trinajstić information content (AvgIpc) is 3.67. The van der Waals surface area contributed by atoms with Gasteiger partial charge in [-0.3, -0.25) is 0 Å². The van der Waals surface area contributed by atoms with Gasteiger partial charge in [0.15, 0.2) is 0 Å². The number of rotatable bonds is 4. The van der Waals surface area contributed by atoms with Crippen LogP contribution in [0.4, 0.5) is 0 Å². The van der Waals surface area contributed by atoms with Crippen molar-refractivity contribution in [3.63, 3.8) is 0 Å². The summed E-state index contributed by atoms with van der Waals surface area (Å²) >= 11 is 0. The van der Waals surface area contributed by atoms with Gasteiger partial charge in [0, 0.05) is 43.9 Å². The van der Waals surface area contributed by atoms with E-state index in [4.69, 9.17) is 0 Å². The predicted molar refractivity (Wildman–Crippen MR) is 195 cm³/mol. The molecule has 0 amide bonds. The lowest BCUT2D eigenvalue weighted by molar-refractivity contribution is 1.18. The number of fused-ring (bicyclic) bond motifs is 6. The average molecular weight is 611 g/mol. The highest BCUT2D eigenvalue weighted by Crippen LogP contribution is 2.42. The zero-order valence-electron chi connectivity index (χ0n) is 25.8. The summed E-state index contributed by atoms with van der Waals surface area (Å²) in [7, 11) is 0. The fourth-order valence-corrected chi connectivity index (χ4v) is 7.42. The maximum absolute atomic E-state index is 10.6. The maximum atomic E-state index is 10.6. The van der Waals surface area contributed by atoms with Gasteiger partial charge in [-0.05, 0) is 54.1 Å². The van der Waals surface area contributed by atoms with Gasteiger partial charge in [0.2, 0.25) is 0 Å². The molecule has 0 radical (unpaired) electrons. The summed E-state index contributed by atoms with van der Waals surface area (Å²) in [5.41, 5.74) is 10.7. The van der Waals surface area contributed by atoms with Crippen LogP contribution in [-0.4, -0.2) is 9.13 Å². The van der Waals surface area contributed by atoms with Crippen LogP contribution in [0.2, 0.25) is 0 Å². The molecule has 0 atom stereocenters. The number of nitriles is 2. The quantitative estimate of drug-likeness (QED) is 0.199. The third kappa shape index (κ3) is 4.01. The Balaban J connectivity index is 1.29. The minimum Gasteiger partial charge on any atom is -0.309 e. The lowest BCUT2D eigenvalue weighted by Crippen LogP contribution is -2.00. The fraction of sp³-hybridized carbons (Fsp3) is 0. The van der Waals surface area contributed by atoms with Gasteiger partial charge < -0.3 is 9.13 Å². The van der Waals surface area contributed by atoms with Crippen LogP contribution in [0.1, 0.15) is 11.1 Å². The van der Waals surface area contributed by atoms with E-state index in [-0.39, 0.29) is 0 Å². The Bertz CT molecular complexity index is 2710. The molecule has 0 saturated heterocycles. The van der Waals surface area contributed by atoms with E-state index >= 15 is 0 Å². The number of hydrogen-bond acceptors (Lipinski definition) is 2. The molecule has 0 saturated carbocycles. The van der Waals surface area contributed by atoms with Crippen molar-refractivity contribution < 1.29 is 0 Å². The monoisotopic (exact) mass is 610 g/mol. The number of hydrogen-bond donors (Lipinski definition) is 0. The van der Waals surface area contributed by atoms with E-state index in [2.05, 4.69) is 124 Å². The van der Waals surface area contributed by atoms with Crippen LogP contribution < -0.4 is 0 Å². The molecule has 0 unspecified atom stereocenters. The molecular weight excluding hydrogens is 585 g/mol. The van der Waals surface area contributed by atoms with Crippen LogP contribution in [0.5, 0.6) is 0 Å². The molecule has 2 aromatic heterocycles. The zero-order valence-corrected chi connectivity index (χ0v) is 25.8. The smallest absolute Gasteiger partial charge is 0.0998 e. The number of nitrogens with zero attached hydrogens (tertiary/aromatic N) is 4. The summed E-state index contributed by atoms with van der Waals surface area (Å²) in [6.45, 7) is 0. The van der Waals surface area contributed by atoms with Crippen molar-refractivity contribution in [3.05, 3.63) is 169 Å². The van der Waals surface area contributed by atoms with Crippen LogP contribution in [0.15, 0.2) is 158 Å². The topological polar surface area (TPSA) is 57.4 Å². The summed E-state index contributed by atoms with van der Waals surface area (Å²) in [6, 6.07) is 58.7. The summed E-state index contributed by atoms with van der Waals surface area (Å²) in [6.07, 6.45) is 0. The molecule has 9 rings (SSSR count). The minimum absolute atomic E-state index is 0.542. The molecule has 0 aliphatic rings.